The van der Waals surface area contributed by atoms with Gasteiger partial charge < -0.3 is 10.1 Å². The first kappa shape index (κ1) is 15.2. The minimum Gasteiger partial charge on any atom is -0.462 e. The number of nitrogens with zero attached hydrogens (tertiary/aromatic N) is 4. The van der Waals surface area contributed by atoms with Gasteiger partial charge in [0.2, 0.25) is 0 Å². The highest BCUT2D eigenvalue weighted by atomic mass is 16.5. The molecule has 114 valence electrons. The van der Waals surface area contributed by atoms with E-state index in [2.05, 4.69) is 15.5 Å². The van der Waals surface area contributed by atoms with Gasteiger partial charge >= 0.3 is 5.97 Å². The van der Waals surface area contributed by atoms with Crippen LogP contribution in [0.2, 0.25) is 0 Å². The minimum atomic E-state index is -0.333. The van der Waals surface area contributed by atoms with Gasteiger partial charge in [0.05, 0.1) is 24.7 Å². The summed E-state index contributed by atoms with van der Waals surface area (Å²) >= 11 is 0. The van der Waals surface area contributed by atoms with Crippen molar-refractivity contribution in [1.82, 2.24) is 24.9 Å². The Bertz CT molecular complexity index is 629. The van der Waals surface area contributed by atoms with E-state index in [4.69, 9.17) is 4.74 Å². The summed E-state index contributed by atoms with van der Waals surface area (Å²) in [6.07, 6.45) is 3.39. The van der Waals surface area contributed by atoms with Gasteiger partial charge in [0.1, 0.15) is 5.56 Å². The molecule has 0 aliphatic heterocycles. The number of nitrogens with one attached hydrogen (secondary N) is 1. The number of aryl methyl sites for hydroxylation is 2. The molecule has 2 rings (SSSR count). The largest absolute Gasteiger partial charge is 0.462 e. The van der Waals surface area contributed by atoms with Crippen molar-refractivity contribution < 1.29 is 9.53 Å². The molecule has 7 heteroatoms. The van der Waals surface area contributed by atoms with Crippen molar-refractivity contribution in [2.75, 3.05) is 6.61 Å². The Morgan fingerprint density at radius 3 is 2.57 bits per heavy atom. The van der Waals surface area contributed by atoms with E-state index >= 15 is 0 Å². The molecule has 0 amide bonds. The fourth-order valence-electron chi connectivity index (χ4n) is 2.09. The molecular weight excluding hydrogens is 270 g/mol. The lowest BCUT2D eigenvalue weighted by molar-refractivity contribution is 0.0524. The van der Waals surface area contributed by atoms with Crippen LogP contribution in [0.1, 0.15) is 34.2 Å². The number of aromatic nitrogens is 4. The zero-order valence-electron chi connectivity index (χ0n) is 12.9. The van der Waals surface area contributed by atoms with Crippen LogP contribution >= 0.6 is 0 Å². The molecule has 0 bridgehead atoms. The molecular formula is C14H21N5O2. The Morgan fingerprint density at radius 2 is 1.95 bits per heavy atom. The van der Waals surface area contributed by atoms with Crippen LogP contribution in [0.3, 0.4) is 0 Å². The highest BCUT2D eigenvalue weighted by Gasteiger charge is 2.16. The fraction of sp³-hybridized carbons (Fsp3) is 0.500. The monoisotopic (exact) mass is 291 g/mol. The molecule has 2 aromatic rings. The predicted molar refractivity (Wildman–Crippen MR) is 77.7 cm³/mol. The molecule has 21 heavy (non-hydrogen) atoms. The Morgan fingerprint density at radius 1 is 1.24 bits per heavy atom. The summed E-state index contributed by atoms with van der Waals surface area (Å²) in [4.78, 5) is 11.9. The van der Waals surface area contributed by atoms with E-state index < -0.39 is 0 Å². The second-order valence-corrected chi connectivity index (χ2v) is 4.83. The van der Waals surface area contributed by atoms with Crippen LogP contribution < -0.4 is 5.32 Å². The summed E-state index contributed by atoms with van der Waals surface area (Å²) in [5.74, 6) is -0.333. The van der Waals surface area contributed by atoms with Crippen molar-refractivity contribution in [1.29, 1.82) is 0 Å². The first-order chi connectivity index (χ1) is 10.0. The van der Waals surface area contributed by atoms with Gasteiger partial charge in [-0.25, -0.2) is 4.79 Å². The first-order valence-electron chi connectivity index (χ1n) is 6.90. The van der Waals surface area contributed by atoms with Gasteiger partial charge in [0.15, 0.2) is 0 Å². The van der Waals surface area contributed by atoms with Crippen molar-refractivity contribution >= 4 is 5.97 Å². The topological polar surface area (TPSA) is 74.0 Å². The Kier molecular flexibility index (Phi) is 4.74. The molecule has 0 fully saturated rings. The van der Waals surface area contributed by atoms with Crippen LogP contribution in [-0.4, -0.2) is 32.1 Å². The summed E-state index contributed by atoms with van der Waals surface area (Å²) < 4.78 is 8.56. The molecule has 7 nitrogen and oxygen atoms in total. The Balaban J connectivity index is 2.01. The van der Waals surface area contributed by atoms with Crippen LogP contribution in [0.5, 0.6) is 0 Å². The molecule has 2 heterocycles. The maximum Gasteiger partial charge on any atom is 0.341 e. The Hall–Kier alpha value is -2.15. The zero-order valence-corrected chi connectivity index (χ0v) is 12.9. The molecule has 0 spiro atoms. The molecule has 0 unspecified atom stereocenters. The second-order valence-electron chi connectivity index (χ2n) is 4.83. The van der Waals surface area contributed by atoms with Crippen molar-refractivity contribution in [2.45, 2.75) is 26.9 Å². The lowest BCUT2D eigenvalue weighted by atomic mass is 10.2. The molecule has 0 aliphatic rings. The molecule has 0 aromatic carbocycles. The number of esters is 1. The van der Waals surface area contributed by atoms with E-state index in [-0.39, 0.29) is 5.97 Å². The van der Waals surface area contributed by atoms with Crippen molar-refractivity contribution in [3.8, 4) is 0 Å². The van der Waals surface area contributed by atoms with E-state index in [1.165, 1.54) is 0 Å². The standard InChI is InChI=1S/C14H21N5O2/c1-5-21-14(20)12-8-17-19(4)13(12)9-15-6-11-7-16-18(3)10(11)2/h7-8,15H,5-6,9H2,1-4H3. The number of rotatable bonds is 6. The van der Waals surface area contributed by atoms with Gasteiger partial charge in [0, 0.05) is 38.4 Å². The summed E-state index contributed by atoms with van der Waals surface area (Å²) in [6.45, 7) is 5.40. The van der Waals surface area contributed by atoms with Crippen LogP contribution in [0.4, 0.5) is 0 Å². The number of carbonyl (C=O) groups excluding carboxylic acids is 1. The maximum atomic E-state index is 11.9. The SMILES string of the molecule is CCOC(=O)c1cnn(C)c1CNCc1cnn(C)c1C. The quantitative estimate of drug-likeness (QED) is 0.801. The third kappa shape index (κ3) is 3.30. The molecule has 0 radical (unpaired) electrons. The highest BCUT2D eigenvalue weighted by Crippen LogP contribution is 2.10. The summed E-state index contributed by atoms with van der Waals surface area (Å²) in [5, 5.41) is 11.6. The molecule has 2 aromatic heterocycles. The number of carbonyl (C=O) groups is 1. The van der Waals surface area contributed by atoms with Crippen molar-refractivity contribution in [3.05, 3.63) is 34.9 Å². The lowest BCUT2D eigenvalue weighted by Gasteiger charge is -2.08. The van der Waals surface area contributed by atoms with Gasteiger partial charge in [-0.2, -0.15) is 10.2 Å². The summed E-state index contributed by atoms with van der Waals surface area (Å²) in [6, 6.07) is 0. The van der Waals surface area contributed by atoms with Crippen molar-refractivity contribution in [2.24, 2.45) is 14.1 Å². The number of ether oxygens (including phenoxy) is 1. The average Bonchev–Trinajstić information content (AvgIpc) is 2.97. The van der Waals surface area contributed by atoms with Crippen LogP contribution in [0.15, 0.2) is 12.4 Å². The normalized spacial score (nSPS) is 10.9. The summed E-state index contributed by atoms with van der Waals surface area (Å²) in [5.41, 5.74) is 3.58. The summed E-state index contributed by atoms with van der Waals surface area (Å²) in [7, 11) is 3.73. The van der Waals surface area contributed by atoms with Gasteiger partial charge in [-0.15, -0.1) is 0 Å². The van der Waals surface area contributed by atoms with Gasteiger partial charge in [-0.05, 0) is 13.8 Å². The number of hydrogen-bond donors (Lipinski definition) is 1. The van der Waals surface area contributed by atoms with Crippen LogP contribution in [0, 0.1) is 6.92 Å². The van der Waals surface area contributed by atoms with Gasteiger partial charge in [-0.3, -0.25) is 9.36 Å². The molecule has 1 N–H and O–H groups in total. The predicted octanol–water partition coefficient (Wildman–Crippen LogP) is 0.929. The average molecular weight is 291 g/mol. The van der Waals surface area contributed by atoms with E-state index in [1.807, 2.05) is 31.9 Å². The van der Waals surface area contributed by atoms with Crippen molar-refractivity contribution in [3.63, 3.8) is 0 Å². The zero-order chi connectivity index (χ0) is 15.4. The van der Waals surface area contributed by atoms with Gasteiger partial charge in [-0.1, -0.05) is 0 Å². The fourth-order valence-corrected chi connectivity index (χ4v) is 2.09. The Labute approximate surface area is 123 Å². The van der Waals surface area contributed by atoms with E-state index in [1.54, 1.807) is 17.8 Å². The van der Waals surface area contributed by atoms with E-state index in [0.29, 0.717) is 25.3 Å². The minimum absolute atomic E-state index is 0.333. The van der Waals surface area contributed by atoms with Crippen LogP contribution in [-0.2, 0) is 31.9 Å². The second kappa shape index (κ2) is 6.53. The third-order valence-corrected chi connectivity index (χ3v) is 3.50. The first-order valence-corrected chi connectivity index (χ1v) is 6.90. The van der Waals surface area contributed by atoms with E-state index in [0.717, 1.165) is 17.0 Å². The maximum absolute atomic E-state index is 11.9. The highest BCUT2D eigenvalue weighted by molar-refractivity contribution is 5.90. The third-order valence-electron chi connectivity index (χ3n) is 3.50. The molecule has 0 saturated carbocycles. The number of hydrogen-bond acceptors (Lipinski definition) is 5. The van der Waals surface area contributed by atoms with Gasteiger partial charge in [0.25, 0.3) is 0 Å². The molecule has 0 saturated heterocycles. The smallest absolute Gasteiger partial charge is 0.341 e. The molecule has 0 aliphatic carbocycles. The lowest BCUT2D eigenvalue weighted by Crippen LogP contribution is -2.18. The molecule has 0 atom stereocenters. The van der Waals surface area contributed by atoms with E-state index in [9.17, 15) is 4.79 Å². The van der Waals surface area contributed by atoms with Crippen LogP contribution in [0.25, 0.3) is 0 Å².